The van der Waals surface area contributed by atoms with Crippen molar-refractivity contribution in [2.45, 2.75) is 38.8 Å². The SMILES string of the molecule is CCOCCCN=C(NN)N(Cc1ccco1)C1CC1. The van der Waals surface area contributed by atoms with Crippen LogP contribution in [0.4, 0.5) is 0 Å². The number of nitrogens with zero attached hydrogens (tertiary/aromatic N) is 2. The molecule has 0 unspecified atom stereocenters. The van der Waals surface area contributed by atoms with Crippen LogP contribution in [0.25, 0.3) is 0 Å². The van der Waals surface area contributed by atoms with Crippen LogP contribution >= 0.6 is 0 Å². The smallest absolute Gasteiger partial charge is 0.209 e. The largest absolute Gasteiger partial charge is 0.467 e. The third kappa shape index (κ3) is 4.54. The average molecular weight is 280 g/mol. The molecule has 2 rings (SSSR count). The number of hydrazine groups is 1. The number of furan rings is 1. The fourth-order valence-electron chi connectivity index (χ4n) is 2.05. The summed E-state index contributed by atoms with van der Waals surface area (Å²) >= 11 is 0. The lowest BCUT2D eigenvalue weighted by molar-refractivity contribution is 0.146. The van der Waals surface area contributed by atoms with Crippen molar-refractivity contribution in [3.63, 3.8) is 0 Å². The Labute approximate surface area is 119 Å². The summed E-state index contributed by atoms with van der Waals surface area (Å²) < 4.78 is 10.7. The van der Waals surface area contributed by atoms with Gasteiger partial charge in [0.05, 0.1) is 12.8 Å². The molecule has 0 bridgehead atoms. The van der Waals surface area contributed by atoms with E-state index in [0.29, 0.717) is 19.1 Å². The highest BCUT2D eigenvalue weighted by Gasteiger charge is 2.31. The third-order valence-corrected chi connectivity index (χ3v) is 3.21. The van der Waals surface area contributed by atoms with Gasteiger partial charge in [-0.3, -0.25) is 10.4 Å². The van der Waals surface area contributed by atoms with Crippen molar-refractivity contribution in [2.75, 3.05) is 19.8 Å². The maximum atomic E-state index is 5.62. The van der Waals surface area contributed by atoms with E-state index in [1.807, 2.05) is 19.1 Å². The molecule has 0 spiro atoms. The predicted molar refractivity (Wildman–Crippen MR) is 78.0 cm³/mol. The van der Waals surface area contributed by atoms with E-state index in [9.17, 15) is 0 Å². The molecular weight excluding hydrogens is 256 g/mol. The van der Waals surface area contributed by atoms with Gasteiger partial charge in [-0.1, -0.05) is 0 Å². The van der Waals surface area contributed by atoms with Gasteiger partial charge in [0.25, 0.3) is 0 Å². The Hall–Kier alpha value is -1.53. The van der Waals surface area contributed by atoms with E-state index >= 15 is 0 Å². The van der Waals surface area contributed by atoms with Crippen LogP contribution in [0, 0.1) is 0 Å². The number of hydrogen-bond acceptors (Lipinski definition) is 4. The molecule has 1 aromatic rings. The molecule has 0 aliphatic heterocycles. The van der Waals surface area contributed by atoms with Gasteiger partial charge in [-0.2, -0.15) is 0 Å². The topological polar surface area (TPSA) is 76.0 Å². The zero-order valence-corrected chi connectivity index (χ0v) is 12.0. The molecule has 1 aliphatic carbocycles. The average Bonchev–Trinajstić information content (AvgIpc) is 3.18. The van der Waals surface area contributed by atoms with Crippen LogP contribution in [0.1, 0.15) is 31.9 Å². The molecule has 0 atom stereocenters. The summed E-state index contributed by atoms with van der Waals surface area (Å²) in [5.41, 5.74) is 2.72. The van der Waals surface area contributed by atoms with Gasteiger partial charge in [-0.05, 0) is 38.3 Å². The molecular formula is C14H24N4O2. The molecule has 1 saturated carbocycles. The quantitative estimate of drug-likeness (QED) is 0.248. The highest BCUT2D eigenvalue weighted by Crippen LogP contribution is 2.28. The standard InChI is InChI=1S/C14H24N4O2/c1-2-19-9-4-8-16-14(17-15)18(12-6-7-12)11-13-5-3-10-20-13/h3,5,10,12H,2,4,6-9,11,15H2,1H3,(H,16,17). The van der Waals surface area contributed by atoms with Crippen LogP contribution < -0.4 is 11.3 Å². The number of hydrogen-bond donors (Lipinski definition) is 2. The van der Waals surface area contributed by atoms with Gasteiger partial charge in [-0.15, -0.1) is 0 Å². The summed E-state index contributed by atoms with van der Waals surface area (Å²) in [6.07, 6.45) is 4.95. The first-order valence-corrected chi connectivity index (χ1v) is 7.23. The molecule has 0 aromatic carbocycles. The van der Waals surface area contributed by atoms with Crippen LogP contribution in [0.5, 0.6) is 0 Å². The van der Waals surface area contributed by atoms with E-state index in [4.69, 9.17) is 15.0 Å². The number of aliphatic imine (C=N–C) groups is 1. The van der Waals surface area contributed by atoms with Crippen molar-refractivity contribution in [2.24, 2.45) is 10.8 Å². The maximum Gasteiger partial charge on any atom is 0.209 e. The number of nitrogens with one attached hydrogen (secondary N) is 1. The van der Waals surface area contributed by atoms with E-state index in [-0.39, 0.29) is 0 Å². The minimum Gasteiger partial charge on any atom is -0.467 e. The van der Waals surface area contributed by atoms with Crippen molar-refractivity contribution >= 4 is 5.96 Å². The van der Waals surface area contributed by atoms with E-state index < -0.39 is 0 Å². The maximum absolute atomic E-state index is 5.62. The van der Waals surface area contributed by atoms with Gasteiger partial charge in [0.2, 0.25) is 5.96 Å². The first-order chi connectivity index (χ1) is 9.85. The second kappa shape index (κ2) is 7.91. The molecule has 1 aliphatic rings. The molecule has 1 aromatic heterocycles. The zero-order valence-electron chi connectivity index (χ0n) is 12.0. The molecule has 0 radical (unpaired) electrons. The van der Waals surface area contributed by atoms with Gasteiger partial charge >= 0.3 is 0 Å². The van der Waals surface area contributed by atoms with Crippen molar-refractivity contribution in [1.29, 1.82) is 0 Å². The van der Waals surface area contributed by atoms with Crippen LogP contribution in [0.2, 0.25) is 0 Å². The fourth-order valence-corrected chi connectivity index (χ4v) is 2.05. The lowest BCUT2D eigenvalue weighted by Gasteiger charge is -2.24. The van der Waals surface area contributed by atoms with Crippen molar-refractivity contribution in [3.05, 3.63) is 24.2 Å². The molecule has 6 nitrogen and oxygen atoms in total. The Bertz CT molecular complexity index is 401. The fraction of sp³-hybridized carbons (Fsp3) is 0.643. The Kier molecular flexibility index (Phi) is 5.88. The van der Waals surface area contributed by atoms with Gasteiger partial charge in [-0.25, -0.2) is 5.84 Å². The predicted octanol–water partition coefficient (Wildman–Crippen LogP) is 1.49. The number of ether oxygens (including phenoxy) is 1. The first kappa shape index (κ1) is 14.9. The van der Waals surface area contributed by atoms with E-state index in [0.717, 1.165) is 31.4 Å². The Morgan fingerprint density at radius 2 is 2.45 bits per heavy atom. The minimum atomic E-state index is 0.516. The van der Waals surface area contributed by atoms with Crippen LogP contribution in [-0.4, -0.2) is 36.7 Å². The van der Waals surface area contributed by atoms with Gasteiger partial charge in [0.15, 0.2) is 0 Å². The first-order valence-electron chi connectivity index (χ1n) is 7.23. The van der Waals surface area contributed by atoms with E-state index in [2.05, 4.69) is 15.3 Å². The van der Waals surface area contributed by atoms with Crippen LogP contribution in [0.15, 0.2) is 27.8 Å². The van der Waals surface area contributed by atoms with E-state index in [1.165, 1.54) is 12.8 Å². The Morgan fingerprint density at radius 3 is 3.05 bits per heavy atom. The zero-order chi connectivity index (χ0) is 14.2. The lowest BCUT2D eigenvalue weighted by atomic mass is 10.4. The third-order valence-electron chi connectivity index (χ3n) is 3.21. The van der Waals surface area contributed by atoms with Gasteiger partial charge in [0, 0.05) is 25.8 Å². The molecule has 112 valence electrons. The van der Waals surface area contributed by atoms with Gasteiger partial charge < -0.3 is 14.1 Å². The summed E-state index contributed by atoms with van der Waals surface area (Å²) in [6.45, 7) is 4.89. The van der Waals surface area contributed by atoms with E-state index in [1.54, 1.807) is 6.26 Å². The normalized spacial score (nSPS) is 15.4. The number of nitrogens with two attached hydrogens (primary N) is 1. The van der Waals surface area contributed by atoms with Gasteiger partial charge in [0.1, 0.15) is 5.76 Å². The molecule has 1 heterocycles. The summed E-state index contributed by atoms with van der Waals surface area (Å²) in [4.78, 5) is 6.72. The molecule has 20 heavy (non-hydrogen) atoms. The monoisotopic (exact) mass is 280 g/mol. The number of rotatable bonds is 8. The molecule has 0 amide bonds. The Morgan fingerprint density at radius 1 is 1.60 bits per heavy atom. The highest BCUT2D eigenvalue weighted by atomic mass is 16.5. The minimum absolute atomic E-state index is 0.516. The second-order valence-corrected chi connectivity index (χ2v) is 4.84. The van der Waals surface area contributed by atoms with Crippen LogP contribution in [-0.2, 0) is 11.3 Å². The molecule has 6 heteroatoms. The summed E-state index contributed by atoms with van der Waals surface area (Å²) in [5, 5.41) is 0. The molecule has 0 saturated heterocycles. The Balaban J connectivity index is 1.89. The highest BCUT2D eigenvalue weighted by molar-refractivity contribution is 5.80. The molecule has 1 fully saturated rings. The van der Waals surface area contributed by atoms with Crippen LogP contribution in [0.3, 0.4) is 0 Å². The van der Waals surface area contributed by atoms with Crippen molar-refractivity contribution < 1.29 is 9.15 Å². The van der Waals surface area contributed by atoms with Crippen molar-refractivity contribution in [1.82, 2.24) is 10.3 Å². The summed E-state index contributed by atoms with van der Waals surface area (Å²) in [6, 6.07) is 4.38. The summed E-state index contributed by atoms with van der Waals surface area (Å²) in [5.74, 6) is 7.29. The lowest BCUT2D eigenvalue weighted by Crippen LogP contribution is -2.45. The van der Waals surface area contributed by atoms with Crippen molar-refractivity contribution in [3.8, 4) is 0 Å². The second-order valence-electron chi connectivity index (χ2n) is 4.84. The molecule has 3 N–H and O–H groups in total. The summed E-state index contributed by atoms with van der Waals surface area (Å²) in [7, 11) is 0. The number of guanidine groups is 1.